The summed E-state index contributed by atoms with van der Waals surface area (Å²) in [7, 11) is 0. The van der Waals surface area contributed by atoms with E-state index in [1.54, 1.807) is 0 Å². The maximum Gasteiger partial charge on any atom is 0.103 e. The van der Waals surface area contributed by atoms with Gasteiger partial charge in [0.2, 0.25) is 0 Å². The molecule has 1 fully saturated rings. The maximum atomic E-state index is 4.94. The van der Waals surface area contributed by atoms with Crippen molar-refractivity contribution in [3.05, 3.63) is 66.0 Å². The number of fused-ring (bicyclic) bond motifs is 3. The summed E-state index contributed by atoms with van der Waals surface area (Å²) in [5.74, 6) is 0.987. The van der Waals surface area contributed by atoms with E-state index >= 15 is 0 Å². The summed E-state index contributed by atoms with van der Waals surface area (Å²) >= 11 is 0. The van der Waals surface area contributed by atoms with Gasteiger partial charge in [-0.2, -0.15) is 5.10 Å². The number of para-hydroxylation sites is 1. The summed E-state index contributed by atoms with van der Waals surface area (Å²) in [5, 5.41) is 6.10. The Labute approximate surface area is 169 Å². The number of hydrogen-bond acceptors (Lipinski definition) is 4. The monoisotopic (exact) mass is 384 g/mol. The molecular weight excluding hydrogens is 360 g/mol. The zero-order valence-corrected chi connectivity index (χ0v) is 16.6. The van der Waals surface area contributed by atoms with Crippen molar-refractivity contribution in [2.45, 2.75) is 38.3 Å². The second-order valence-electron chi connectivity index (χ2n) is 8.54. The summed E-state index contributed by atoms with van der Waals surface area (Å²) in [5.41, 5.74) is 5.99. The van der Waals surface area contributed by atoms with Gasteiger partial charge in [-0.1, -0.05) is 18.2 Å². The van der Waals surface area contributed by atoms with Crippen LogP contribution in [0.4, 0.5) is 0 Å². The number of rotatable bonds is 3. The number of pyridine rings is 1. The highest BCUT2D eigenvalue weighted by atomic mass is 15.3. The third-order valence-electron chi connectivity index (χ3n) is 6.59. The average Bonchev–Trinajstić information content (AvgIpc) is 3.50. The van der Waals surface area contributed by atoms with E-state index in [4.69, 9.17) is 5.10 Å². The van der Waals surface area contributed by atoms with Crippen LogP contribution in [-0.2, 0) is 18.5 Å². The molecule has 1 unspecified atom stereocenters. The van der Waals surface area contributed by atoms with Crippen LogP contribution in [0, 0.1) is 6.92 Å². The SMILES string of the molecule is Cc1ncc(CN2CCC3(CCn4nc(-c5cnc6ccccc6c5)cc43)C2)[nH]1. The normalized spacial score (nSPS) is 21.4. The lowest BCUT2D eigenvalue weighted by molar-refractivity contribution is 0.299. The molecule has 1 spiro atoms. The number of aryl methyl sites for hydroxylation is 2. The zero-order valence-electron chi connectivity index (χ0n) is 16.6. The third kappa shape index (κ3) is 2.78. The minimum atomic E-state index is 0.227. The van der Waals surface area contributed by atoms with Crippen molar-refractivity contribution in [2.75, 3.05) is 13.1 Å². The largest absolute Gasteiger partial charge is 0.345 e. The van der Waals surface area contributed by atoms with Crippen molar-refractivity contribution >= 4 is 10.9 Å². The van der Waals surface area contributed by atoms with Gasteiger partial charge in [0.25, 0.3) is 0 Å². The van der Waals surface area contributed by atoms with E-state index in [9.17, 15) is 0 Å². The van der Waals surface area contributed by atoms with Crippen molar-refractivity contribution in [1.82, 2.24) is 29.6 Å². The molecule has 2 aliphatic rings. The Balaban J connectivity index is 1.28. The average molecular weight is 384 g/mol. The predicted molar refractivity (Wildman–Crippen MR) is 112 cm³/mol. The van der Waals surface area contributed by atoms with Gasteiger partial charge < -0.3 is 4.98 Å². The Morgan fingerprint density at radius 1 is 1.07 bits per heavy atom. The molecule has 6 rings (SSSR count). The minimum Gasteiger partial charge on any atom is -0.345 e. The highest BCUT2D eigenvalue weighted by molar-refractivity contribution is 5.82. The molecule has 1 saturated heterocycles. The molecule has 4 aromatic rings. The summed E-state index contributed by atoms with van der Waals surface area (Å²) in [6.07, 6.45) is 6.30. The maximum absolute atomic E-state index is 4.94. The Hall–Kier alpha value is -2.99. The van der Waals surface area contributed by atoms with Crippen LogP contribution in [-0.4, -0.2) is 42.7 Å². The number of likely N-dealkylation sites (tertiary alicyclic amines) is 1. The highest BCUT2D eigenvalue weighted by Gasteiger charge is 2.45. The van der Waals surface area contributed by atoms with E-state index in [0.717, 1.165) is 54.2 Å². The Kier molecular flexibility index (Phi) is 3.65. The molecule has 3 aromatic heterocycles. The number of imidazole rings is 1. The third-order valence-corrected chi connectivity index (χ3v) is 6.59. The van der Waals surface area contributed by atoms with Crippen LogP contribution >= 0.6 is 0 Å². The molecule has 2 aliphatic heterocycles. The van der Waals surface area contributed by atoms with E-state index in [-0.39, 0.29) is 5.41 Å². The van der Waals surface area contributed by atoms with Gasteiger partial charge in [-0.15, -0.1) is 0 Å². The molecule has 1 aromatic carbocycles. The lowest BCUT2D eigenvalue weighted by Gasteiger charge is -2.23. The van der Waals surface area contributed by atoms with E-state index < -0.39 is 0 Å². The zero-order chi connectivity index (χ0) is 19.4. The van der Waals surface area contributed by atoms with Gasteiger partial charge in [0.1, 0.15) is 5.82 Å². The Morgan fingerprint density at radius 3 is 2.86 bits per heavy atom. The fourth-order valence-electron chi connectivity index (χ4n) is 5.11. The standard InChI is InChI=1S/C23H24N6/c1-16-24-13-19(26-16)14-28-8-6-23(15-28)7-9-29-22(23)11-21(27-29)18-10-17-4-2-3-5-20(17)25-12-18/h2-5,10-13H,6-9,14-15H2,1H3,(H,24,26). The van der Waals surface area contributed by atoms with Crippen molar-refractivity contribution in [3.63, 3.8) is 0 Å². The molecule has 5 heterocycles. The second-order valence-corrected chi connectivity index (χ2v) is 8.54. The number of nitrogens with zero attached hydrogens (tertiary/aromatic N) is 5. The molecule has 1 atom stereocenters. The quantitative estimate of drug-likeness (QED) is 0.585. The van der Waals surface area contributed by atoms with Crippen LogP contribution in [0.15, 0.2) is 48.8 Å². The summed E-state index contributed by atoms with van der Waals surface area (Å²) < 4.78 is 2.23. The van der Waals surface area contributed by atoms with Gasteiger partial charge in [0.15, 0.2) is 0 Å². The van der Waals surface area contributed by atoms with Crippen molar-refractivity contribution in [1.29, 1.82) is 0 Å². The summed E-state index contributed by atoms with van der Waals surface area (Å²) in [6.45, 7) is 6.17. The molecule has 0 aliphatic carbocycles. The molecule has 0 radical (unpaired) electrons. The summed E-state index contributed by atoms with van der Waals surface area (Å²) in [6, 6.07) is 12.8. The Bertz CT molecular complexity index is 1210. The second kappa shape index (κ2) is 6.26. The van der Waals surface area contributed by atoms with Gasteiger partial charge in [0, 0.05) is 59.8 Å². The fourth-order valence-corrected chi connectivity index (χ4v) is 5.11. The number of hydrogen-bond donors (Lipinski definition) is 1. The van der Waals surface area contributed by atoms with E-state index in [1.807, 2.05) is 25.4 Å². The molecular formula is C23H24N6. The van der Waals surface area contributed by atoms with E-state index in [2.05, 4.69) is 54.9 Å². The first-order valence-corrected chi connectivity index (χ1v) is 10.3. The van der Waals surface area contributed by atoms with E-state index in [0.29, 0.717) is 0 Å². The van der Waals surface area contributed by atoms with Gasteiger partial charge in [0.05, 0.1) is 11.2 Å². The van der Waals surface area contributed by atoms with Crippen LogP contribution in [0.25, 0.3) is 22.2 Å². The Morgan fingerprint density at radius 2 is 1.97 bits per heavy atom. The van der Waals surface area contributed by atoms with Gasteiger partial charge in [-0.05, 0) is 44.5 Å². The fraction of sp³-hybridized carbons (Fsp3) is 0.348. The predicted octanol–water partition coefficient (Wildman–Crippen LogP) is 3.68. The smallest absolute Gasteiger partial charge is 0.103 e. The molecule has 146 valence electrons. The number of nitrogens with one attached hydrogen (secondary N) is 1. The highest BCUT2D eigenvalue weighted by Crippen LogP contribution is 2.44. The van der Waals surface area contributed by atoms with E-state index in [1.165, 1.54) is 24.2 Å². The molecule has 0 amide bonds. The summed E-state index contributed by atoms with van der Waals surface area (Å²) in [4.78, 5) is 14.9. The number of aromatic amines is 1. The minimum absolute atomic E-state index is 0.227. The topological polar surface area (TPSA) is 62.6 Å². The molecule has 0 bridgehead atoms. The van der Waals surface area contributed by atoms with Crippen molar-refractivity contribution in [2.24, 2.45) is 0 Å². The first-order valence-electron chi connectivity index (χ1n) is 10.3. The van der Waals surface area contributed by atoms with Crippen LogP contribution in [0.1, 0.15) is 30.1 Å². The van der Waals surface area contributed by atoms with Crippen LogP contribution in [0.5, 0.6) is 0 Å². The lowest BCUT2D eigenvalue weighted by atomic mass is 9.82. The number of aromatic nitrogens is 5. The van der Waals surface area contributed by atoms with Gasteiger partial charge in [-0.3, -0.25) is 14.6 Å². The molecule has 29 heavy (non-hydrogen) atoms. The lowest BCUT2D eigenvalue weighted by Crippen LogP contribution is -2.29. The van der Waals surface area contributed by atoms with Crippen LogP contribution < -0.4 is 0 Å². The number of benzene rings is 1. The molecule has 6 nitrogen and oxygen atoms in total. The molecule has 1 N–H and O–H groups in total. The first kappa shape index (κ1) is 16.9. The van der Waals surface area contributed by atoms with Crippen LogP contribution in [0.3, 0.4) is 0 Å². The van der Waals surface area contributed by atoms with Gasteiger partial charge in [-0.25, -0.2) is 4.98 Å². The number of H-pyrrole nitrogens is 1. The molecule has 0 saturated carbocycles. The first-order chi connectivity index (χ1) is 14.2. The van der Waals surface area contributed by atoms with Crippen LogP contribution in [0.2, 0.25) is 0 Å². The van der Waals surface area contributed by atoms with Crippen molar-refractivity contribution < 1.29 is 0 Å². The van der Waals surface area contributed by atoms with Gasteiger partial charge >= 0.3 is 0 Å². The molecule has 6 heteroatoms. The van der Waals surface area contributed by atoms with Crippen molar-refractivity contribution in [3.8, 4) is 11.3 Å².